The maximum absolute atomic E-state index is 13.2. The minimum absolute atomic E-state index is 0.133. The van der Waals surface area contributed by atoms with Gasteiger partial charge >= 0.3 is 8.84 Å². The fourth-order valence-electron chi connectivity index (χ4n) is 3.73. The van der Waals surface area contributed by atoms with Crippen LogP contribution in [0.1, 0.15) is 48.8 Å². The Hall–Kier alpha value is -1.06. The van der Waals surface area contributed by atoms with E-state index >= 15 is 0 Å². The molecule has 1 unspecified atom stereocenters. The van der Waals surface area contributed by atoms with Crippen molar-refractivity contribution in [1.82, 2.24) is 0 Å². The Labute approximate surface area is 123 Å². The number of hydrogen-bond acceptors (Lipinski definition) is 1. The third-order valence-corrected chi connectivity index (χ3v) is 7.66. The molecule has 20 heavy (non-hydrogen) atoms. The van der Waals surface area contributed by atoms with Crippen LogP contribution in [0.25, 0.3) is 6.08 Å². The van der Waals surface area contributed by atoms with E-state index in [9.17, 15) is 4.46 Å². The van der Waals surface area contributed by atoms with Gasteiger partial charge < -0.3 is 8.61 Å². The smallest absolute Gasteiger partial charge is 0.330 e. The Bertz CT molecular complexity index is 544. The third kappa shape index (κ3) is 2.33. The summed E-state index contributed by atoms with van der Waals surface area (Å²) in [5.74, 6) is 0. The number of nitrogens with zero attached hydrogens (tertiary/aromatic N) is 1. The lowest BCUT2D eigenvalue weighted by atomic mass is 9.95. The van der Waals surface area contributed by atoms with Gasteiger partial charge in [0.1, 0.15) is 5.54 Å². The van der Waals surface area contributed by atoms with Crippen LogP contribution in [0.5, 0.6) is 0 Å². The monoisotopic (exact) mass is 286 g/mol. The molecule has 2 aliphatic carbocycles. The first-order valence-electron chi connectivity index (χ1n) is 7.76. The Morgan fingerprint density at radius 3 is 2.55 bits per heavy atom. The van der Waals surface area contributed by atoms with Gasteiger partial charge in [-0.05, 0) is 36.8 Å². The summed E-state index contributed by atoms with van der Waals surface area (Å²) in [5, 5.41) is 0. The van der Waals surface area contributed by atoms with Gasteiger partial charge in [-0.15, -0.1) is 0 Å². The lowest BCUT2D eigenvalue weighted by molar-refractivity contribution is -0.817. The number of quaternary nitrogens is 1. The highest BCUT2D eigenvalue weighted by molar-refractivity contribution is 6.38. The lowest BCUT2D eigenvalue weighted by Crippen LogP contribution is -2.57. The zero-order chi connectivity index (χ0) is 14.2. The van der Waals surface area contributed by atoms with E-state index in [1.807, 2.05) is 0 Å². The highest BCUT2D eigenvalue weighted by atomic mass is 28.3. The highest BCUT2D eigenvalue weighted by Crippen LogP contribution is 2.34. The van der Waals surface area contributed by atoms with Crippen molar-refractivity contribution in [2.24, 2.45) is 0 Å². The number of benzene rings is 1. The number of allylic oxidation sites excluding steroid dienone is 1. The first-order valence-corrected chi connectivity index (χ1v) is 9.19. The maximum Gasteiger partial charge on any atom is 0.565 e. The van der Waals surface area contributed by atoms with Crippen molar-refractivity contribution < 1.29 is 8.61 Å². The van der Waals surface area contributed by atoms with Crippen LogP contribution in [0, 0.1) is 0 Å². The topological polar surface area (TPSA) is 17.1 Å². The molecule has 0 heterocycles. The van der Waals surface area contributed by atoms with Crippen LogP contribution in [0.4, 0.5) is 0 Å². The van der Waals surface area contributed by atoms with Gasteiger partial charge in [-0.3, -0.25) is 0 Å². The van der Waals surface area contributed by atoms with Gasteiger partial charge in [0.15, 0.2) is 0 Å². The Kier molecular flexibility index (Phi) is 3.74. The van der Waals surface area contributed by atoms with E-state index in [1.165, 1.54) is 43.2 Å². The summed E-state index contributed by atoms with van der Waals surface area (Å²) in [7, 11) is 2.62. The molecule has 1 aromatic rings. The second kappa shape index (κ2) is 5.38. The molecule has 0 amide bonds. The summed E-state index contributed by atoms with van der Waals surface area (Å²) in [6.45, 7) is 0. The molecule has 1 fully saturated rings. The minimum Gasteiger partial charge on any atom is -0.330 e. The number of rotatable bonds is 3. The zero-order valence-corrected chi connectivity index (χ0v) is 13.5. The SMILES string of the molecule is C[N+](C)(C1CCCCC1)[Si](=O)C1C=Cc2ccccc21. The van der Waals surface area contributed by atoms with Crippen molar-refractivity contribution in [3.63, 3.8) is 0 Å². The highest BCUT2D eigenvalue weighted by Gasteiger charge is 2.44. The standard InChI is InChI=1S/C17H24NOSi/c1-18(2,15-9-4-3-5-10-15)20(19)17-13-12-14-8-6-7-11-16(14)17/h6-8,11-13,15,17H,3-5,9-10H2,1-2H3/q+1. The lowest BCUT2D eigenvalue weighted by Gasteiger charge is -2.39. The molecule has 0 radical (unpaired) electrons. The number of fused-ring (bicyclic) bond motifs is 1. The summed E-state index contributed by atoms with van der Waals surface area (Å²) < 4.78 is 14.0. The van der Waals surface area contributed by atoms with Crippen LogP contribution < -0.4 is 0 Å². The third-order valence-electron chi connectivity index (χ3n) is 5.12. The molecule has 3 heteroatoms. The molecule has 1 saturated carbocycles. The molecule has 0 aromatic heterocycles. The Balaban J connectivity index is 1.84. The van der Waals surface area contributed by atoms with E-state index < -0.39 is 8.84 Å². The first-order chi connectivity index (χ1) is 9.60. The van der Waals surface area contributed by atoms with Crippen molar-refractivity contribution in [1.29, 1.82) is 0 Å². The van der Waals surface area contributed by atoms with Crippen molar-refractivity contribution in [2.45, 2.75) is 43.7 Å². The predicted octanol–water partition coefficient (Wildman–Crippen LogP) is 3.66. The summed E-state index contributed by atoms with van der Waals surface area (Å²) in [5.41, 5.74) is 2.64. The number of hydrogen-bond donors (Lipinski definition) is 0. The van der Waals surface area contributed by atoms with Crippen LogP contribution in [-0.2, 0) is 4.46 Å². The van der Waals surface area contributed by atoms with Crippen LogP contribution in [0.3, 0.4) is 0 Å². The van der Waals surface area contributed by atoms with Gasteiger partial charge in [0.2, 0.25) is 0 Å². The van der Waals surface area contributed by atoms with Crippen molar-refractivity contribution in [3.05, 3.63) is 41.5 Å². The molecule has 0 spiro atoms. The predicted molar refractivity (Wildman–Crippen MR) is 83.6 cm³/mol. The van der Waals surface area contributed by atoms with Crippen molar-refractivity contribution in [2.75, 3.05) is 14.1 Å². The maximum atomic E-state index is 13.2. The largest absolute Gasteiger partial charge is 0.565 e. The van der Waals surface area contributed by atoms with E-state index in [0.29, 0.717) is 10.2 Å². The van der Waals surface area contributed by atoms with Crippen LogP contribution in [0.2, 0.25) is 0 Å². The van der Waals surface area contributed by atoms with Crippen molar-refractivity contribution in [3.8, 4) is 0 Å². The fourth-order valence-corrected chi connectivity index (χ4v) is 5.85. The van der Waals surface area contributed by atoms with Crippen LogP contribution >= 0.6 is 0 Å². The van der Waals surface area contributed by atoms with Gasteiger partial charge in [0.25, 0.3) is 0 Å². The molecule has 1 atom stereocenters. The van der Waals surface area contributed by atoms with Crippen molar-refractivity contribution >= 4 is 14.9 Å². The molecule has 0 N–H and O–H groups in total. The van der Waals surface area contributed by atoms with Gasteiger partial charge in [-0.1, -0.05) is 42.8 Å². The van der Waals surface area contributed by atoms with Crippen LogP contribution in [0.15, 0.2) is 30.3 Å². The second-order valence-electron chi connectivity index (χ2n) is 6.64. The van der Waals surface area contributed by atoms with E-state index in [4.69, 9.17) is 0 Å². The average Bonchev–Trinajstić information content (AvgIpc) is 2.91. The molecule has 0 aliphatic heterocycles. The molecule has 1 aromatic carbocycles. The van der Waals surface area contributed by atoms with Crippen LogP contribution in [-0.4, -0.2) is 33.1 Å². The summed E-state index contributed by atoms with van der Waals surface area (Å²) in [4.78, 5) is 0. The minimum atomic E-state index is -1.75. The normalized spacial score (nSPS) is 22.8. The van der Waals surface area contributed by atoms with E-state index in [2.05, 4.69) is 50.5 Å². The van der Waals surface area contributed by atoms with Gasteiger partial charge in [0.05, 0.1) is 20.1 Å². The van der Waals surface area contributed by atoms with Gasteiger partial charge in [0, 0.05) is 0 Å². The molecule has 3 rings (SSSR count). The summed E-state index contributed by atoms with van der Waals surface area (Å²) >= 11 is 0. The van der Waals surface area contributed by atoms with Gasteiger partial charge in [-0.2, -0.15) is 0 Å². The zero-order valence-electron chi connectivity index (χ0n) is 12.5. The van der Waals surface area contributed by atoms with Gasteiger partial charge in [-0.25, -0.2) is 0 Å². The Morgan fingerprint density at radius 2 is 1.80 bits per heavy atom. The molecular weight excluding hydrogens is 262 g/mol. The molecular formula is C17H24NOSi+. The molecule has 2 nitrogen and oxygen atoms in total. The fraction of sp³-hybridized carbons (Fsp3) is 0.529. The molecule has 2 aliphatic rings. The summed E-state index contributed by atoms with van der Waals surface area (Å²) in [6, 6.07) is 8.97. The van der Waals surface area contributed by atoms with E-state index in [1.54, 1.807) is 0 Å². The first kappa shape index (κ1) is 13.9. The molecule has 0 saturated heterocycles. The van der Waals surface area contributed by atoms with E-state index in [0.717, 1.165) is 0 Å². The Morgan fingerprint density at radius 1 is 1.10 bits per heavy atom. The second-order valence-corrected chi connectivity index (χ2v) is 9.09. The molecule has 106 valence electrons. The molecule has 0 bridgehead atoms. The van der Waals surface area contributed by atoms with E-state index in [-0.39, 0.29) is 5.54 Å². The average molecular weight is 286 g/mol. The summed E-state index contributed by atoms with van der Waals surface area (Å²) in [6.07, 6.45) is 10.7. The quantitative estimate of drug-likeness (QED) is 0.775.